The highest BCUT2D eigenvalue weighted by Gasteiger charge is 2.30. The second-order valence-corrected chi connectivity index (χ2v) is 4.09. The molecule has 0 spiro atoms. The molecule has 1 aromatic carbocycles. The number of carbonyl (C=O) groups is 3. The quantitative estimate of drug-likeness (QED) is 0.656. The topological polar surface area (TPSA) is 107 Å². The van der Waals surface area contributed by atoms with Gasteiger partial charge in [0, 0.05) is 11.8 Å². The predicted molar refractivity (Wildman–Crippen MR) is 68.9 cm³/mol. The number of amides is 2. The van der Waals surface area contributed by atoms with Crippen LogP contribution in [-0.2, 0) is 9.59 Å². The summed E-state index contributed by atoms with van der Waals surface area (Å²) in [4.78, 5) is 35.2. The van der Waals surface area contributed by atoms with E-state index in [1.807, 2.05) is 0 Å². The molecule has 1 aliphatic heterocycles. The monoisotopic (exact) mass is 276 g/mol. The third-order valence-electron chi connectivity index (χ3n) is 2.72. The van der Waals surface area contributed by atoms with Crippen molar-refractivity contribution in [2.75, 3.05) is 18.5 Å². The molecular weight excluding hydrogens is 264 g/mol. The number of hydrogen-bond acceptors (Lipinski definition) is 5. The molecule has 20 heavy (non-hydrogen) atoms. The highest BCUT2D eigenvalue weighted by atomic mass is 16.4. The number of carbonyl (C=O) groups excluding carboxylic acids is 2. The van der Waals surface area contributed by atoms with Crippen molar-refractivity contribution in [3.05, 3.63) is 41.6 Å². The first kappa shape index (κ1) is 13.8. The first-order chi connectivity index (χ1) is 9.52. The molecule has 0 aliphatic carbocycles. The zero-order valence-electron chi connectivity index (χ0n) is 10.4. The number of benzene rings is 1. The number of anilines is 1. The van der Waals surface area contributed by atoms with Crippen molar-refractivity contribution in [3.8, 4) is 0 Å². The van der Waals surface area contributed by atoms with Gasteiger partial charge in [0.05, 0.1) is 18.7 Å². The van der Waals surface area contributed by atoms with Crippen LogP contribution in [0.3, 0.4) is 0 Å². The fraction of sp³-hybridized carbons (Fsp3) is 0.154. The number of aliphatic hydroxyl groups excluding tert-OH is 1. The molecule has 1 heterocycles. The van der Waals surface area contributed by atoms with Gasteiger partial charge in [0.2, 0.25) is 0 Å². The van der Waals surface area contributed by atoms with Crippen LogP contribution in [0.5, 0.6) is 0 Å². The van der Waals surface area contributed by atoms with Gasteiger partial charge in [-0.05, 0) is 18.2 Å². The number of hydrogen-bond donors (Lipinski definition) is 3. The van der Waals surface area contributed by atoms with E-state index in [0.29, 0.717) is 5.69 Å². The summed E-state index contributed by atoms with van der Waals surface area (Å²) in [5.74, 6) is -2.15. The van der Waals surface area contributed by atoms with E-state index in [2.05, 4.69) is 5.32 Å². The van der Waals surface area contributed by atoms with Crippen molar-refractivity contribution in [1.82, 2.24) is 4.90 Å². The Morgan fingerprint density at radius 1 is 1.30 bits per heavy atom. The van der Waals surface area contributed by atoms with Gasteiger partial charge in [-0.1, -0.05) is 6.07 Å². The fourth-order valence-corrected chi connectivity index (χ4v) is 1.80. The minimum atomic E-state index is -1.08. The number of imide groups is 1. The minimum absolute atomic E-state index is 0.0472. The first-order valence-corrected chi connectivity index (χ1v) is 5.81. The maximum atomic E-state index is 11.9. The van der Waals surface area contributed by atoms with Crippen LogP contribution in [0.15, 0.2) is 36.0 Å². The third-order valence-corrected chi connectivity index (χ3v) is 2.72. The van der Waals surface area contributed by atoms with E-state index in [1.165, 1.54) is 18.2 Å². The Balaban J connectivity index is 2.17. The van der Waals surface area contributed by atoms with Crippen LogP contribution in [0.4, 0.5) is 5.69 Å². The Bertz CT molecular complexity index is 609. The number of carboxylic acids is 1. The van der Waals surface area contributed by atoms with Crippen LogP contribution in [0, 0.1) is 0 Å². The van der Waals surface area contributed by atoms with E-state index in [4.69, 9.17) is 10.2 Å². The van der Waals surface area contributed by atoms with Crippen molar-refractivity contribution in [1.29, 1.82) is 0 Å². The maximum Gasteiger partial charge on any atom is 0.335 e. The van der Waals surface area contributed by atoms with E-state index >= 15 is 0 Å². The van der Waals surface area contributed by atoms with E-state index in [-0.39, 0.29) is 24.4 Å². The van der Waals surface area contributed by atoms with Crippen molar-refractivity contribution in [3.63, 3.8) is 0 Å². The molecule has 0 unspecified atom stereocenters. The van der Waals surface area contributed by atoms with Gasteiger partial charge in [-0.15, -0.1) is 0 Å². The van der Waals surface area contributed by atoms with E-state index in [0.717, 1.165) is 11.0 Å². The van der Waals surface area contributed by atoms with E-state index in [9.17, 15) is 14.4 Å². The Morgan fingerprint density at radius 3 is 2.70 bits per heavy atom. The molecular formula is C13H12N2O5. The Hall–Kier alpha value is -2.67. The van der Waals surface area contributed by atoms with Gasteiger partial charge in [0.1, 0.15) is 5.70 Å². The van der Waals surface area contributed by atoms with Gasteiger partial charge in [-0.2, -0.15) is 0 Å². The normalized spacial score (nSPS) is 14.4. The number of aliphatic hydroxyl groups is 1. The van der Waals surface area contributed by atoms with E-state index < -0.39 is 17.8 Å². The van der Waals surface area contributed by atoms with Crippen LogP contribution in [0.25, 0.3) is 0 Å². The number of nitrogens with one attached hydrogen (secondary N) is 1. The lowest BCUT2D eigenvalue weighted by Gasteiger charge is -2.13. The lowest BCUT2D eigenvalue weighted by Crippen LogP contribution is -2.34. The summed E-state index contributed by atoms with van der Waals surface area (Å²) in [6, 6.07) is 5.88. The molecule has 7 heteroatoms. The zero-order chi connectivity index (χ0) is 14.7. The molecule has 104 valence electrons. The van der Waals surface area contributed by atoms with Crippen molar-refractivity contribution < 1.29 is 24.6 Å². The van der Waals surface area contributed by atoms with Crippen molar-refractivity contribution >= 4 is 23.5 Å². The molecule has 1 aromatic rings. The largest absolute Gasteiger partial charge is 0.478 e. The number of rotatable bonds is 5. The Morgan fingerprint density at radius 2 is 2.05 bits per heavy atom. The van der Waals surface area contributed by atoms with Crippen LogP contribution in [0.2, 0.25) is 0 Å². The maximum absolute atomic E-state index is 11.9. The third kappa shape index (κ3) is 2.67. The molecule has 0 saturated heterocycles. The summed E-state index contributed by atoms with van der Waals surface area (Å²) in [5.41, 5.74) is 0.508. The number of aromatic carboxylic acids is 1. The molecule has 3 N–H and O–H groups in total. The lowest BCUT2D eigenvalue weighted by atomic mass is 10.2. The summed E-state index contributed by atoms with van der Waals surface area (Å²) >= 11 is 0. The smallest absolute Gasteiger partial charge is 0.335 e. The molecule has 0 atom stereocenters. The predicted octanol–water partition coefficient (Wildman–Crippen LogP) is 0.0417. The van der Waals surface area contributed by atoms with Crippen LogP contribution in [0.1, 0.15) is 10.4 Å². The fourth-order valence-electron chi connectivity index (χ4n) is 1.80. The van der Waals surface area contributed by atoms with Gasteiger partial charge in [-0.3, -0.25) is 14.5 Å². The highest BCUT2D eigenvalue weighted by molar-refractivity contribution is 6.17. The summed E-state index contributed by atoms with van der Waals surface area (Å²) in [6.07, 6.45) is 1.12. The molecule has 0 bridgehead atoms. The van der Waals surface area contributed by atoms with Gasteiger partial charge >= 0.3 is 5.97 Å². The average Bonchev–Trinajstić information content (AvgIpc) is 2.67. The van der Waals surface area contributed by atoms with Crippen molar-refractivity contribution in [2.24, 2.45) is 0 Å². The zero-order valence-corrected chi connectivity index (χ0v) is 10.4. The van der Waals surface area contributed by atoms with Gasteiger partial charge < -0.3 is 15.5 Å². The summed E-state index contributed by atoms with van der Waals surface area (Å²) in [5, 5.41) is 20.4. The SMILES string of the molecule is O=C(O)c1cccc(NC2=CC(=O)N(CCO)C2=O)c1. The number of carboxylic acid groups (broad SMARTS) is 1. The molecule has 1 aliphatic rings. The van der Waals surface area contributed by atoms with E-state index in [1.54, 1.807) is 6.07 Å². The number of nitrogens with zero attached hydrogens (tertiary/aromatic N) is 1. The molecule has 0 fully saturated rings. The molecule has 2 amide bonds. The standard InChI is InChI=1S/C13H12N2O5/c16-5-4-15-11(17)7-10(12(15)18)14-9-3-1-2-8(6-9)13(19)20/h1-3,6-7,14,16H,4-5H2,(H,19,20). The van der Waals surface area contributed by atoms with Crippen LogP contribution >= 0.6 is 0 Å². The summed E-state index contributed by atoms with van der Waals surface area (Å²) in [6.45, 7) is -0.387. The minimum Gasteiger partial charge on any atom is -0.478 e. The molecule has 0 saturated carbocycles. The Kier molecular flexibility index (Phi) is 3.81. The summed E-state index contributed by atoms with van der Waals surface area (Å²) in [7, 11) is 0. The van der Waals surface area contributed by atoms with Crippen LogP contribution < -0.4 is 5.32 Å². The molecule has 0 aromatic heterocycles. The number of β-amino-alcohol motifs (C(OH)–C–C–N with tert-alkyl or cyclic N) is 1. The molecule has 0 radical (unpaired) electrons. The van der Waals surface area contributed by atoms with Crippen molar-refractivity contribution in [2.45, 2.75) is 0 Å². The first-order valence-electron chi connectivity index (χ1n) is 5.81. The Labute approximate surface area is 114 Å². The second kappa shape index (κ2) is 5.54. The van der Waals surface area contributed by atoms with Gasteiger partial charge in [-0.25, -0.2) is 4.79 Å². The average molecular weight is 276 g/mol. The van der Waals surface area contributed by atoms with Gasteiger partial charge in [0.15, 0.2) is 0 Å². The summed E-state index contributed by atoms with van der Waals surface area (Å²) < 4.78 is 0. The molecule has 2 rings (SSSR count). The molecule has 7 nitrogen and oxygen atoms in total. The lowest BCUT2D eigenvalue weighted by molar-refractivity contribution is -0.137. The van der Waals surface area contributed by atoms with Gasteiger partial charge in [0.25, 0.3) is 11.8 Å². The second-order valence-electron chi connectivity index (χ2n) is 4.09. The van der Waals surface area contributed by atoms with Crippen LogP contribution in [-0.4, -0.2) is 46.0 Å². The highest BCUT2D eigenvalue weighted by Crippen LogP contribution is 2.18.